The molecule has 164 valence electrons. The number of carbonyl (C=O) groups is 3. The van der Waals surface area contributed by atoms with Gasteiger partial charge in [0.15, 0.2) is 0 Å². The Morgan fingerprint density at radius 2 is 2.03 bits per heavy atom. The van der Waals surface area contributed by atoms with Gasteiger partial charge in [-0.25, -0.2) is 4.68 Å². The van der Waals surface area contributed by atoms with Gasteiger partial charge in [-0.2, -0.15) is 5.26 Å². The summed E-state index contributed by atoms with van der Waals surface area (Å²) in [6, 6.07) is 13.7. The van der Waals surface area contributed by atoms with Crippen molar-refractivity contribution in [3.63, 3.8) is 0 Å². The van der Waals surface area contributed by atoms with Crippen molar-refractivity contribution in [2.45, 2.75) is 32.0 Å². The lowest BCUT2D eigenvalue weighted by Gasteiger charge is -2.29. The van der Waals surface area contributed by atoms with E-state index in [1.54, 1.807) is 47.3 Å². The zero-order valence-electron chi connectivity index (χ0n) is 17.4. The second-order valence-corrected chi connectivity index (χ2v) is 7.79. The number of rotatable bonds is 5. The van der Waals surface area contributed by atoms with Crippen LogP contribution in [-0.4, -0.2) is 43.7 Å². The molecule has 0 spiro atoms. The van der Waals surface area contributed by atoms with Gasteiger partial charge in [0.05, 0.1) is 17.4 Å². The minimum Gasteiger partial charge on any atom is -0.486 e. The maximum atomic E-state index is 12.8. The maximum absolute atomic E-state index is 12.8. The monoisotopic (exact) mass is 442 g/mol. The van der Waals surface area contributed by atoms with Crippen LogP contribution in [0.25, 0.3) is 5.69 Å². The normalized spacial score (nSPS) is 17.5. The number of nitrogens with zero attached hydrogens (tertiary/aromatic N) is 5. The molecule has 2 aliphatic heterocycles. The van der Waals surface area contributed by atoms with E-state index in [9.17, 15) is 14.4 Å². The van der Waals surface area contributed by atoms with Gasteiger partial charge in [-0.3, -0.25) is 19.7 Å². The summed E-state index contributed by atoms with van der Waals surface area (Å²) in [5, 5.41) is 19.7. The fraction of sp³-hybridized carbons (Fsp3) is 0.217. The lowest BCUT2D eigenvalue weighted by molar-refractivity contribution is -0.136. The van der Waals surface area contributed by atoms with Crippen molar-refractivity contribution in [1.29, 1.82) is 5.26 Å². The summed E-state index contributed by atoms with van der Waals surface area (Å²) < 4.78 is 7.28. The fourth-order valence-electron chi connectivity index (χ4n) is 4.03. The molecule has 1 atom stereocenters. The minimum atomic E-state index is -0.655. The minimum absolute atomic E-state index is 0.144. The van der Waals surface area contributed by atoms with Crippen LogP contribution < -0.4 is 10.1 Å². The van der Waals surface area contributed by atoms with E-state index in [1.807, 2.05) is 6.07 Å². The molecule has 10 nitrogen and oxygen atoms in total. The highest BCUT2D eigenvalue weighted by molar-refractivity contribution is 6.05. The summed E-state index contributed by atoms with van der Waals surface area (Å²) >= 11 is 0. The summed E-state index contributed by atoms with van der Waals surface area (Å²) in [4.78, 5) is 38.0. The second-order valence-electron chi connectivity index (χ2n) is 7.79. The van der Waals surface area contributed by atoms with Gasteiger partial charge in [0, 0.05) is 18.5 Å². The van der Waals surface area contributed by atoms with Crippen LogP contribution in [0.15, 0.2) is 48.7 Å². The van der Waals surface area contributed by atoms with Gasteiger partial charge in [-0.05, 0) is 42.3 Å². The third-order valence-electron chi connectivity index (χ3n) is 5.70. The molecule has 1 fully saturated rings. The van der Waals surface area contributed by atoms with Crippen molar-refractivity contribution >= 4 is 17.7 Å². The van der Waals surface area contributed by atoms with Crippen molar-refractivity contribution in [3.8, 4) is 17.5 Å². The zero-order chi connectivity index (χ0) is 22.9. The Hall–Kier alpha value is -4.52. The molecule has 0 saturated carbocycles. The quantitative estimate of drug-likeness (QED) is 0.592. The molecule has 2 aliphatic rings. The number of hydrogen-bond donors (Lipinski definition) is 1. The number of ether oxygens (including phenoxy) is 1. The molecule has 1 saturated heterocycles. The summed E-state index contributed by atoms with van der Waals surface area (Å²) in [5.41, 5.74) is 3.03. The fourth-order valence-corrected chi connectivity index (χ4v) is 4.03. The Bertz CT molecular complexity index is 1320. The predicted octanol–water partition coefficient (Wildman–Crippen LogP) is 1.48. The van der Waals surface area contributed by atoms with Gasteiger partial charge in [-0.15, -0.1) is 5.10 Å². The summed E-state index contributed by atoms with van der Waals surface area (Å²) in [5.74, 6) is -0.509. The number of nitriles is 1. The van der Waals surface area contributed by atoms with Gasteiger partial charge in [-0.1, -0.05) is 17.3 Å². The lowest BCUT2D eigenvalue weighted by atomic mass is 10.0. The van der Waals surface area contributed by atoms with Crippen molar-refractivity contribution in [3.05, 3.63) is 71.0 Å². The van der Waals surface area contributed by atoms with Gasteiger partial charge in [0.2, 0.25) is 11.8 Å². The number of piperidine rings is 1. The first-order valence-electron chi connectivity index (χ1n) is 10.3. The second kappa shape index (κ2) is 8.20. The van der Waals surface area contributed by atoms with Crippen LogP contribution in [0.2, 0.25) is 0 Å². The highest BCUT2D eigenvalue weighted by Crippen LogP contribution is 2.29. The predicted molar refractivity (Wildman–Crippen MR) is 113 cm³/mol. The van der Waals surface area contributed by atoms with Gasteiger partial charge < -0.3 is 9.64 Å². The molecule has 1 unspecified atom stereocenters. The first kappa shape index (κ1) is 20.4. The molecule has 2 aromatic carbocycles. The number of amides is 3. The van der Waals surface area contributed by atoms with Crippen LogP contribution in [0.5, 0.6) is 5.75 Å². The molecule has 0 radical (unpaired) electrons. The van der Waals surface area contributed by atoms with Crippen molar-refractivity contribution in [2.75, 3.05) is 0 Å². The summed E-state index contributed by atoms with van der Waals surface area (Å²) in [7, 11) is 0. The first-order chi connectivity index (χ1) is 16.0. The summed E-state index contributed by atoms with van der Waals surface area (Å²) in [6.45, 7) is 0.426. The number of aromatic nitrogens is 3. The van der Waals surface area contributed by atoms with E-state index >= 15 is 0 Å². The number of benzene rings is 2. The number of para-hydroxylation sites is 1. The number of imide groups is 1. The Kier molecular flexibility index (Phi) is 5.06. The molecule has 1 aromatic heterocycles. The van der Waals surface area contributed by atoms with E-state index < -0.39 is 11.9 Å². The first-order valence-corrected chi connectivity index (χ1v) is 10.3. The Morgan fingerprint density at radius 3 is 2.85 bits per heavy atom. The molecular formula is C23H18N6O4. The standard InChI is InChI=1S/C23H18N6O4/c24-10-14-3-1-2-4-20(14)33-13-16-12-29(27-26-16)17-5-6-18-15(9-17)11-28(23(18)32)19-7-8-21(30)25-22(19)31/h1-6,9,12,19H,7-8,11,13H2,(H,25,30,31). The van der Waals surface area contributed by atoms with Crippen molar-refractivity contribution in [1.82, 2.24) is 25.2 Å². The van der Waals surface area contributed by atoms with Crippen LogP contribution >= 0.6 is 0 Å². The molecule has 0 aliphatic carbocycles. The molecule has 33 heavy (non-hydrogen) atoms. The van der Waals surface area contributed by atoms with Crippen molar-refractivity contribution < 1.29 is 19.1 Å². The maximum Gasteiger partial charge on any atom is 0.255 e. The SMILES string of the molecule is N#Cc1ccccc1OCc1cn(-c2ccc3c(c2)CN(C2CCC(=O)NC2=O)C3=O)nn1. The van der Waals surface area contributed by atoms with E-state index in [1.165, 1.54) is 4.90 Å². The van der Waals surface area contributed by atoms with Crippen LogP contribution in [0.3, 0.4) is 0 Å². The Morgan fingerprint density at radius 1 is 1.18 bits per heavy atom. The van der Waals surface area contributed by atoms with Crippen LogP contribution in [0.4, 0.5) is 0 Å². The van der Waals surface area contributed by atoms with E-state index in [-0.39, 0.29) is 31.4 Å². The molecule has 0 bridgehead atoms. The van der Waals surface area contributed by atoms with Gasteiger partial charge >= 0.3 is 0 Å². The molecule has 3 amide bonds. The number of nitrogens with one attached hydrogen (secondary N) is 1. The lowest BCUT2D eigenvalue weighted by Crippen LogP contribution is -2.52. The average molecular weight is 442 g/mol. The van der Waals surface area contributed by atoms with E-state index in [4.69, 9.17) is 10.00 Å². The van der Waals surface area contributed by atoms with Gasteiger partial charge in [0.1, 0.15) is 30.2 Å². The highest BCUT2D eigenvalue weighted by atomic mass is 16.5. The number of fused-ring (bicyclic) bond motifs is 1. The van der Waals surface area contributed by atoms with Gasteiger partial charge in [0.25, 0.3) is 5.91 Å². The van der Waals surface area contributed by atoms with E-state index in [0.29, 0.717) is 34.7 Å². The molecule has 1 N–H and O–H groups in total. The van der Waals surface area contributed by atoms with E-state index in [2.05, 4.69) is 21.7 Å². The molecule has 3 aromatic rings. The highest BCUT2D eigenvalue weighted by Gasteiger charge is 2.39. The zero-order valence-corrected chi connectivity index (χ0v) is 17.4. The van der Waals surface area contributed by atoms with E-state index in [0.717, 1.165) is 5.56 Å². The number of hydrogen-bond acceptors (Lipinski definition) is 7. The average Bonchev–Trinajstić information content (AvgIpc) is 3.42. The third-order valence-corrected chi connectivity index (χ3v) is 5.70. The smallest absolute Gasteiger partial charge is 0.255 e. The largest absolute Gasteiger partial charge is 0.486 e. The molecule has 5 rings (SSSR count). The Balaban J connectivity index is 1.31. The van der Waals surface area contributed by atoms with Crippen molar-refractivity contribution in [2.24, 2.45) is 0 Å². The number of carbonyl (C=O) groups excluding carboxylic acids is 3. The molecule has 10 heteroatoms. The Labute approximate surface area is 188 Å². The third kappa shape index (κ3) is 3.80. The topological polar surface area (TPSA) is 130 Å². The van der Waals surface area contributed by atoms with Crippen LogP contribution in [0, 0.1) is 11.3 Å². The summed E-state index contributed by atoms with van der Waals surface area (Å²) in [6.07, 6.45) is 2.24. The van der Waals surface area contributed by atoms with Crippen LogP contribution in [0.1, 0.15) is 40.0 Å². The molecular weight excluding hydrogens is 424 g/mol. The molecule has 3 heterocycles. The van der Waals surface area contributed by atoms with Crippen LogP contribution in [-0.2, 0) is 22.7 Å².